The molecular weight excluding hydrogens is 250 g/mol. The number of nitrogens with one attached hydrogen (secondary N) is 1. The van der Waals surface area contributed by atoms with Crippen molar-refractivity contribution in [2.45, 2.75) is 75.9 Å². The van der Waals surface area contributed by atoms with Crippen molar-refractivity contribution in [3.05, 3.63) is 0 Å². The van der Waals surface area contributed by atoms with Crippen molar-refractivity contribution in [1.29, 1.82) is 0 Å². The van der Waals surface area contributed by atoms with Gasteiger partial charge in [0.1, 0.15) is 0 Å². The molecule has 1 heterocycles. The second kappa shape index (κ2) is 5.64. The summed E-state index contributed by atoms with van der Waals surface area (Å²) in [5.41, 5.74) is 6.02. The normalized spacial score (nSPS) is 36.8. The molecule has 20 heavy (non-hydrogen) atoms. The average Bonchev–Trinajstić information content (AvgIpc) is 3.23. The van der Waals surface area contributed by atoms with Gasteiger partial charge < -0.3 is 16.0 Å². The predicted octanol–water partition coefficient (Wildman–Crippen LogP) is 1.64. The summed E-state index contributed by atoms with van der Waals surface area (Å²) in [6, 6.07) is 1.23. The van der Waals surface area contributed by atoms with E-state index in [4.69, 9.17) is 5.73 Å². The molecule has 2 unspecified atom stereocenters. The van der Waals surface area contributed by atoms with Crippen molar-refractivity contribution in [2.24, 2.45) is 11.7 Å². The number of nitrogens with zero attached hydrogens (tertiary/aromatic N) is 1. The van der Waals surface area contributed by atoms with Crippen LogP contribution in [0, 0.1) is 5.92 Å². The molecule has 1 amide bonds. The third-order valence-electron chi connectivity index (χ3n) is 5.51. The van der Waals surface area contributed by atoms with E-state index >= 15 is 0 Å². The van der Waals surface area contributed by atoms with Crippen LogP contribution in [0.4, 0.5) is 0 Å². The van der Waals surface area contributed by atoms with E-state index in [9.17, 15) is 4.79 Å². The average molecular weight is 279 g/mol. The van der Waals surface area contributed by atoms with E-state index < -0.39 is 0 Å². The van der Waals surface area contributed by atoms with Crippen LogP contribution in [0.15, 0.2) is 0 Å². The first kappa shape index (κ1) is 14.3. The summed E-state index contributed by atoms with van der Waals surface area (Å²) in [7, 11) is 0. The maximum atomic E-state index is 12.5. The third-order valence-corrected chi connectivity index (χ3v) is 5.51. The standard InChI is InChI=1S/C16H29N3O/c1-16(17)9-3-2-4-14(16)15(20)18-12-7-10-19(11-8-12)13-5-6-13/h12-14H,2-11,17H2,1H3,(H,18,20). The summed E-state index contributed by atoms with van der Waals surface area (Å²) in [6.07, 6.45) is 9.22. The molecule has 2 saturated carbocycles. The van der Waals surface area contributed by atoms with Crippen molar-refractivity contribution in [1.82, 2.24) is 10.2 Å². The van der Waals surface area contributed by atoms with E-state index in [-0.39, 0.29) is 17.4 Å². The van der Waals surface area contributed by atoms with Gasteiger partial charge >= 0.3 is 0 Å². The number of hydrogen-bond donors (Lipinski definition) is 2. The molecule has 3 aliphatic rings. The van der Waals surface area contributed by atoms with Crippen molar-refractivity contribution < 1.29 is 4.79 Å². The van der Waals surface area contributed by atoms with E-state index in [0.29, 0.717) is 6.04 Å². The Balaban J connectivity index is 1.48. The van der Waals surface area contributed by atoms with E-state index in [0.717, 1.165) is 57.7 Å². The Morgan fingerprint density at radius 3 is 2.45 bits per heavy atom. The van der Waals surface area contributed by atoms with Gasteiger partial charge in [0.05, 0.1) is 5.92 Å². The Bertz CT molecular complexity index is 357. The smallest absolute Gasteiger partial charge is 0.225 e. The second-order valence-corrected chi connectivity index (χ2v) is 7.35. The highest BCUT2D eigenvalue weighted by Gasteiger charge is 2.39. The van der Waals surface area contributed by atoms with E-state index in [2.05, 4.69) is 10.2 Å². The van der Waals surface area contributed by atoms with Crippen LogP contribution >= 0.6 is 0 Å². The third kappa shape index (κ3) is 3.17. The van der Waals surface area contributed by atoms with Gasteiger partial charge in [-0.1, -0.05) is 12.8 Å². The molecule has 2 aliphatic carbocycles. The molecule has 0 aromatic heterocycles. The monoisotopic (exact) mass is 279 g/mol. The zero-order valence-corrected chi connectivity index (χ0v) is 12.7. The van der Waals surface area contributed by atoms with Crippen LogP contribution in [0.3, 0.4) is 0 Å². The fraction of sp³-hybridized carbons (Fsp3) is 0.938. The molecule has 4 heteroatoms. The van der Waals surface area contributed by atoms with Crippen molar-refractivity contribution >= 4 is 5.91 Å². The van der Waals surface area contributed by atoms with E-state index in [1.165, 1.54) is 12.8 Å². The highest BCUT2D eigenvalue weighted by atomic mass is 16.2. The number of amides is 1. The maximum Gasteiger partial charge on any atom is 0.225 e. The lowest BCUT2D eigenvalue weighted by molar-refractivity contribution is -0.129. The van der Waals surface area contributed by atoms with Gasteiger partial charge in [-0.3, -0.25) is 4.79 Å². The Labute approximate surface area is 122 Å². The zero-order chi connectivity index (χ0) is 14.2. The molecule has 0 spiro atoms. The van der Waals surface area contributed by atoms with Crippen LogP contribution < -0.4 is 11.1 Å². The molecule has 3 fully saturated rings. The molecule has 0 aromatic rings. The molecule has 0 radical (unpaired) electrons. The molecule has 2 atom stereocenters. The second-order valence-electron chi connectivity index (χ2n) is 7.35. The first-order valence-electron chi connectivity index (χ1n) is 8.39. The van der Waals surface area contributed by atoms with Gasteiger partial charge in [0, 0.05) is 30.7 Å². The number of likely N-dealkylation sites (tertiary alicyclic amines) is 1. The quantitative estimate of drug-likeness (QED) is 0.825. The molecule has 114 valence electrons. The van der Waals surface area contributed by atoms with Gasteiger partial charge in [0.25, 0.3) is 0 Å². The molecule has 1 saturated heterocycles. The van der Waals surface area contributed by atoms with Gasteiger partial charge in [-0.05, 0) is 45.4 Å². The predicted molar refractivity (Wildman–Crippen MR) is 80.3 cm³/mol. The summed E-state index contributed by atoms with van der Waals surface area (Å²) < 4.78 is 0. The van der Waals surface area contributed by atoms with Crippen LogP contribution in [-0.2, 0) is 4.79 Å². The minimum absolute atomic E-state index is 0.0118. The fourth-order valence-electron chi connectivity index (χ4n) is 3.94. The first-order valence-corrected chi connectivity index (χ1v) is 8.39. The minimum Gasteiger partial charge on any atom is -0.353 e. The number of piperidine rings is 1. The Kier molecular flexibility index (Phi) is 4.04. The Hall–Kier alpha value is -0.610. The molecule has 3 N–H and O–H groups in total. The zero-order valence-electron chi connectivity index (χ0n) is 12.7. The minimum atomic E-state index is -0.308. The molecule has 3 rings (SSSR count). The highest BCUT2D eigenvalue weighted by molar-refractivity contribution is 5.80. The summed E-state index contributed by atoms with van der Waals surface area (Å²) in [4.78, 5) is 15.1. The number of hydrogen-bond acceptors (Lipinski definition) is 3. The van der Waals surface area contributed by atoms with E-state index in [1.54, 1.807) is 0 Å². The summed E-state index contributed by atoms with van der Waals surface area (Å²) >= 11 is 0. The van der Waals surface area contributed by atoms with Gasteiger partial charge in [0.15, 0.2) is 0 Å². The van der Waals surface area contributed by atoms with Crippen molar-refractivity contribution in [2.75, 3.05) is 13.1 Å². The molecule has 4 nitrogen and oxygen atoms in total. The van der Waals surface area contributed by atoms with Crippen LogP contribution in [0.5, 0.6) is 0 Å². The van der Waals surface area contributed by atoms with Crippen molar-refractivity contribution in [3.63, 3.8) is 0 Å². The van der Waals surface area contributed by atoms with Crippen LogP contribution in [-0.4, -0.2) is 41.5 Å². The lowest BCUT2D eigenvalue weighted by atomic mass is 9.74. The number of carbonyl (C=O) groups is 1. The first-order chi connectivity index (χ1) is 9.56. The van der Waals surface area contributed by atoms with Gasteiger partial charge in [-0.25, -0.2) is 0 Å². The van der Waals surface area contributed by atoms with Crippen LogP contribution in [0.2, 0.25) is 0 Å². The Morgan fingerprint density at radius 2 is 1.85 bits per heavy atom. The lowest BCUT2D eigenvalue weighted by Gasteiger charge is -2.39. The molecule has 1 aliphatic heterocycles. The van der Waals surface area contributed by atoms with Crippen LogP contribution in [0.1, 0.15) is 58.3 Å². The molecule has 0 bridgehead atoms. The van der Waals surface area contributed by atoms with Gasteiger partial charge in [-0.2, -0.15) is 0 Å². The van der Waals surface area contributed by atoms with Crippen molar-refractivity contribution in [3.8, 4) is 0 Å². The Morgan fingerprint density at radius 1 is 1.15 bits per heavy atom. The highest BCUT2D eigenvalue weighted by Crippen LogP contribution is 2.32. The summed E-state index contributed by atoms with van der Waals surface area (Å²) in [5.74, 6) is 0.220. The van der Waals surface area contributed by atoms with E-state index in [1.807, 2.05) is 6.92 Å². The molecular formula is C16H29N3O. The topological polar surface area (TPSA) is 58.4 Å². The largest absolute Gasteiger partial charge is 0.353 e. The number of rotatable bonds is 3. The summed E-state index contributed by atoms with van der Waals surface area (Å²) in [5, 5.41) is 3.28. The van der Waals surface area contributed by atoms with Gasteiger partial charge in [0.2, 0.25) is 5.91 Å². The van der Waals surface area contributed by atoms with Crippen LogP contribution in [0.25, 0.3) is 0 Å². The fourth-order valence-corrected chi connectivity index (χ4v) is 3.94. The van der Waals surface area contributed by atoms with Gasteiger partial charge in [-0.15, -0.1) is 0 Å². The molecule has 0 aromatic carbocycles. The summed E-state index contributed by atoms with van der Waals surface area (Å²) in [6.45, 7) is 4.35. The SMILES string of the molecule is CC1(N)CCCCC1C(=O)NC1CCN(C2CC2)CC1. The number of carbonyl (C=O) groups excluding carboxylic acids is 1. The maximum absolute atomic E-state index is 12.5. The number of nitrogens with two attached hydrogens (primary N) is 1. The lowest BCUT2D eigenvalue weighted by Crippen LogP contribution is -2.55.